The molecule has 0 spiro atoms. The molecule has 1 fully saturated rings. The number of carbonyl (C=O) groups excluding carboxylic acids is 1. The van der Waals surface area contributed by atoms with E-state index >= 15 is 0 Å². The Morgan fingerprint density at radius 3 is 2.29 bits per heavy atom. The average Bonchev–Trinajstić information content (AvgIpc) is 2.88. The maximum absolute atomic E-state index is 11.6. The first-order chi connectivity index (χ1) is 8.15. The number of nitrogens with one attached hydrogen (secondary N) is 2. The Kier molecular flexibility index (Phi) is 3.66. The lowest BCUT2D eigenvalue weighted by molar-refractivity contribution is -0.141. The molecule has 0 aliphatic heterocycles. The van der Waals surface area contributed by atoms with Gasteiger partial charge in [-0.1, -0.05) is 12.2 Å². The molecule has 2 rings (SSSR count). The number of hydrogen-bond acceptors (Lipinski definition) is 2. The first-order valence-corrected chi connectivity index (χ1v) is 6.10. The SMILES string of the molecule is O=C(NC1CC=CC1)N[C@H]1CC[C@@H](C(=O)O)C1. The summed E-state index contributed by atoms with van der Waals surface area (Å²) in [6.07, 6.45) is 7.85. The molecule has 5 heteroatoms. The van der Waals surface area contributed by atoms with Crippen LogP contribution in [0.15, 0.2) is 12.2 Å². The fourth-order valence-electron chi connectivity index (χ4n) is 2.48. The summed E-state index contributed by atoms with van der Waals surface area (Å²) in [6, 6.07) is 0.0341. The van der Waals surface area contributed by atoms with E-state index in [2.05, 4.69) is 22.8 Å². The van der Waals surface area contributed by atoms with Crippen molar-refractivity contribution in [3.8, 4) is 0 Å². The van der Waals surface area contributed by atoms with Gasteiger partial charge >= 0.3 is 12.0 Å². The van der Waals surface area contributed by atoms with E-state index < -0.39 is 5.97 Å². The number of carboxylic acids is 1. The molecule has 0 unspecified atom stereocenters. The molecule has 0 heterocycles. The number of urea groups is 1. The zero-order valence-corrected chi connectivity index (χ0v) is 9.69. The summed E-state index contributed by atoms with van der Waals surface area (Å²) in [7, 11) is 0. The highest BCUT2D eigenvalue weighted by atomic mass is 16.4. The Morgan fingerprint density at radius 1 is 1.06 bits per heavy atom. The van der Waals surface area contributed by atoms with Crippen molar-refractivity contribution < 1.29 is 14.7 Å². The highest BCUT2D eigenvalue weighted by Crippen LogP contribution is 2.25. The van der Waals surface area contributed by atoms with Gasteiger partial charge < -0.3 is 15.7 Å². The third-order valence-corrected chi connectivity index (χ3v) is 3.46. The van der Waals surface area contributed by atoms with Crippen molar-refractivity contribution >= 4 is 12.0 Å². The van der Waals surface area contributed by atoms with Gasteiger partial charge in [-0.25, -0.2) is 4.79 Å². The van der Waals surface area contributed by atoms with Crippen LogP contribution in [0.25, 0.3) is 0 Å². The van der Waals surface area contributed by atoms with Gasteiger partial charge in [-0.05, 0) is 32.1 Å². The Balaban J connectivity index is 1.70. The van der Waals surface area contributed by atoms with Crippen molar-refractivity contribution in [2.24, 2.45) is 5.92 Å². The third-order valence-electron chi connectivity index (χ3n) is 3.46. The van der Waals surface area contributed by atoms with Crippen molar-refractivity contribution in [3.05, 3.63) is 12.2 Å². The van der Waals surface area contributed by atoms with E-state index in [1.54, 1.807) is 0 Å². The largest absolute Gasteiger partial charge is 0.481 e. The van der Waals surface area contributed by atoms with Crippen LogP contribution >= 0.6 is 0 Å². The van der Waals surface area contributed by atoms with E-state index in [4.69, 9.17) is 5.11 Å². The van der Waals surface area contributed by atoms with Gasteiger partial charge in [0.05, 0.1) is 5.92 Å². The standard InChI is InChI=1S/C12H18N2O3/c15-11(16)8-5-6-10(7-8)14-12(17)13-9-3-1-2-4-9/h1-2,8-10H,3-7H2,(H,15,16)(H2,13,14,17)/t8-,10+/m1/s1. The van der Waals surface area contributed by atoms with Crippen LogP contribution in [0.4, 0.5) is 4.79 Å². The molecule has 5 nitrogen and oxygen atoms in total. The number of hydrogen-bond donors (Lipinski definition) is 3. The average molecular weight is 238 g/mol. The summed E-state index contributed by atoms with van der Waals surface area (Å²) >= 11 is 0. The Morgan fingerprint density at radius 2 is 1.71 bits per heavy atom. The maximum Gasteiger partial charge on any atom is 0.315 e. The van der Waals surface area contributed by atoms with Crippen LogP contribution in [0.5, 0.6) is 0 Å². The number of rotatable bonds is 3. The fourth-order valence-corrected chi connectivity index (χ4v) is 2.48. The van der Waals surface area contributed by atoms with Gasteiger partial charge in [0.1, 0.15) is 0 Å². The normalized spacial score (nSPS) is 28.2. The minimum atomic E-state index is -0.755. The molecule has 2 amide bonds. The molecule has 1 saturated carbocycles. The van der Waals surface area contributed by atoms with Gasteiger partial charge in [0.2, 0.25) is 0 Å². The second-order valence-electron chi connectivity index (χ2n) is 4.80. The molecule has 3 N–H and O–H groups in total. The summed E-state index contributed by atoms with van der Waals surface area (Å²) in [6.45, 7) is 0. The second-order valence-corrected chi connectivity index (χ2v) is 4.80. The van der Waals surface area contributed by atoms with E-state index in [1.807, 2.05) is 0 Å². The maximum atomic E-state index is 11.6. The first-order valence-electron chi connectivity index (χ1n) is 6.10. The van der Waals surface area contributed by atoms with Gasteiger partial charge in [-0.15, -0.1) is 0 Å². The topological polar surface area (TPSA) is 78.4 Å². The van der Waals surface area contributed by atoms with Gasteiger partial charge in [0.25, 0.3) is 0 Å². The van der Waals surface area contributed by atoms with Crippen LogP contribution in [-0.2, 0) is 4.79 Å². The Bertz CT molecular complexity index is 333. The Hall–Kier alpha value is -1.52. The van der Waals surface area contributed by atoms with Gasteiger partial charge in [-0.2, -0.15) is 0 Å². The van der Waals surface area contributed by atoms with E-state index in [0.717, 1.165) is 19.3 Å². The first kappa shape index (κ1) is 12.0. The number of carboxylic acid groups (broad SMARTS) is 1. The van der Waals surface area contributed by atoms with Crippen molar-refractivity contribution in [3.63, 3.8) is 0 Å². The fraction of sp³-hybridized carbons (Fsp3) is 0.667. The summed E-state index contributed by atoms with van der Waals surface area (Å²) < 4.78 is 0. The lowest BCUT2D eigenvalue weighted by atomic mass is 10.1. The van der Waals surface area contributed by atoms with Crippen LogP contribution in [0.1, 0.15) is 32.1 Å². The summed E-state index contributed by atoms with van der Waals surface area (Å²) in [5.74, 6) is -1.05. The zero-order chi connectivity index (χ0) is 12.3. The highest BCUT2D eigenvalue weighted by molar-refractivity contribution is 5.75. The quantitative estimate of drug-likeness (QED) is 0.648. The van der Waals surface area contributed by atoms with E-state index in [-0.39, 0.29) is 24.0 Å². The van der Waals surface area contributed by atoms with E-state index in [1.165, 1.54) is 0 Å². The molecule has 0 aromatic carbocycles. The second kappa shape index (κ2) is 5.21. The van der Waals surface area contributed by atoms with Crippen molar-refractivity contribution in [1.29, 1.82) is 0 Å². The molecule has 0 aromatic rings. The predicted octanol–water partition coefficient (Wildman–Crippen LogP) is 1.26. The predicted molar refractivity (Wildman–Crippen MR) is 62.6 cm³/mol. The third kappa shape index (κ3) is 3.22. The van der Waals surface area contributed by atoms with Crippen molar-refractivity contribution in [1.82, 2.24) is 10.6 Å². The molecule has 2 aliphatic carbocycles. The van der Waals surface area contributed by atoms with Crippen LogP contribution in [0.3, 0.4) is 0 Å². The molecule has 2 atom stereocenters. The summed E-state index contributed by atoms with van der Waals surface area (Å²) in [4.78, 5) is 22.4. The lowest BCUT2D eigenvalue weighted by Crippen LogP contribution is -2.44. The molecular weight excluding hydrogens is 220 g/mol. The zero-order valence-electron chi connectivity index (χ0n) is 9.69. The van der Waals surface area contributed by atoms with Crippen LogP contribution in [-0.4, -0.2) is 29.2 Å². The van der Waals surface area contributed by atoms with Gasteiger partial charge in [0, 0.05) is 12.1 Å². The smallest absolute Gasteiger partial charge is 0.315 e. The Labute approximate surface area is 100 Å². The van der Waals surface area contributed by atoms with Crippen LogP contribution in [0, 0.1) is 5.92 Å². The summed E-state index contributed by atoms with van der Waals surface area (Å²) in [5, 5.41) is 14.6. The molecule has 2 aliphatic rings. The van der Waals surface area contributed by atoms with Crippen molar-refractivity contribution in [2.75, 3.05) is 0 Å². The van der Waals surface area contributed by atoms with E-state index in [0.29, 0.717) is 12.8 Å². The molecule has 0 saturated heterocycles. The highest BCUT2D eigenvalue weighted by Gasteiger charge is 2.30. The van der Waals surface area contributed by atoms with Crippen LogP contribution in [0.2, 0.25) is 0 Å². The minimum Gasteiger partial charge on any atom is -0.481 e. The molecule has 0 aromatic heterocycles. The minimum absolute atomic E-state index is 0.00506. The lowest BCUT2D eigenvalue weighted by Gasteiger charge is -2.16. The van der Waals surface area contributed by atoms with Crippen LogP contribution < -0.4 is 10.6 Å². The van der Waals surface area contributed by atoms with Gasteiger partial charge in [-0.3, -0.25) is 4.79 Å². The molecule has 0 radical (unpaired) electrons. The van der Waals surface area contributed by atoms with Crippen molar-refractivity contribution in [2.45, 2.75) is 44.2 Å². The number of carbonyl (C=O) groups is 2. The number of amides is 2. The molecule has 0 bridgehead atoms. The van der Waals surface area contributed by atoms with Gasteiger partial charge in [0.15, 0.2) is 0 Å². The van der Waals surface area contributed by atoms with E-state index in [9.17, 15) is 9.59 Å². The number of aliphatic carboxylic acids is 1. The summed E-state index contributed by atoms with van der Waals surface area (Å²) in [5.41, 5.74) is 0. The molecule has 17 heavy (non-hydrogen) atoms. The molecule has 94 valence electrons. The monoisotopic (exact) mass is 238 g/mol. The molecular formula is C12H18N2O3.